The monoisotopic (exact) mass is 268 g/mol. The molecule has 7 heteroatoms. The molecule has 1 saturated heterocycles. The Balaban J connectivity index is 2.12. The second kappa shape index (κ2) is 4.54. The van der Waals surface area contributed by atoms with Crippen molar-refractivity contribution in [2.45, 2.75) is 30.3 Å². The molecule has 2 unspecified atom stereocenters. The van der Waals surface area contributed by atoms with Gasteiger partial charge >= 0.3 is 6.18 Å². The first-order valence-electron chi connectivity index (χ1n) is 4.88. The van der Waals surface area contributed by atoms with Crippen molar-refractivity contribution in [2.24, 2.45) is 5.73 Å². The van der Waals surface area contributed by atoms with Gasteiger partial charge in [-0.2, -0.15) is 24.9 Å². The molecule has 0 amide bonds. The van der Waals surface area contributed by atoms with Crippen LogP contribution < -0.4 is 5.73 Å². The fourth-order valence-electron chi connectivity index (χ4n) is 1.64. The number of aromatic nitrogens is 1. The molecule has 2 rings (SSSR count). The zero-order chi connectivity index (χ0) is 11.8. The standard InChI is InChI=1S/C9H11F3N2S2/c10-9(11,12)8-14-4-6(16-8)7(13)5-2-1-3-15-5/h4-5,7H,1-3,13H2. The van der Waals surface area contributed by atoms with Crippen LogP contribution in [0, 0.1) is 0 Å². The van der Waals surface area contributed by atoms with Gasteiger partial charge in [-0.15, -0.1) is 11.3 Å². The third kappa shape index (κ3) is 2.52. The first-order chi connectivity index (χ1) is 7.48. The fraction of sp³-hybridized carbons (Fsp3) is 0.667. The van der Waals surface area contributed by atoms with E-state index in [1.807, 2.05) is 0 Å². The highest BCUT2D eigenvalue weighted by Gasteiger charge is 2.36. The second-order valence-electron chi connectivity index (χ2n) is 3.64. The third-order valence-electron chi connectivity index (χ3n) is 2.46. The molecule has 0 bridgehead atoms. The molecule has 2 N–H and O–H groups in total. The molecule has 90 valence electrons. The molecule has 2 heterocycles. The van der Waals surface area contributed by atoms with Crippen molar-refractivity contribution in [1.29, 1.82) is 0 Å². The van der Waals surface area contributed by atoms with Gasteiger partial charge in [-0.05, 0) is 18.6 Å². The van der Waals surface area contributed by atoms with E-state index in [4.69, 9.17) is 5.73 Å². The van der Waals surface area contributed by atoms with Crippen LogP contribution in [-0.2, 0) is 6.18 Å². The Labute approximate surface area is 99.4 Å². The molecular formula is C9H11F3N2S2. The summed E-state index contributed by atoms with van der Waals surface area (Å²) < 4.78 is 37.0. The fourth-order valence-corrected chi connectivity index (χ4v) is 3.90. The Morgan fingerprint density at radius 3 is 2.75 bits per heavy atom. The van der Waals surface area contributed by atoms with Gasteiger partial charge in [0, 0.05) is 16.3 Å². The van der Waals surface area contributed by atoms with Crippen molar-refractivity contribution in [1.82, 2.24) is 4.98 Å². The maximum absolute atomic E-state index is 12.3. The van der Waals surface area contributed by atoms with Crippen LogP contribution in [0.1, 0.15) is 28.8 Å². The maximum atomic E-state index is 12.3. The summed E-state index contributed by atoms with van der Waals surface area (Å²) in [5, 5.41) is -0.567. The summed E-state index contributed by atoms with van der Waals surface area (Å²) in [6, 6.07) is -0.318. The topological polar surface area (TPSA) is 38.9 Å². The normalized spacial score (nSPS) is 23.6. The van der Waals surface area contributed by atoms with Gasteiger partial charge in [-0.3, -0.25) is 0 Å². The number of halogens is 3. The lowest BCUT2D eigenvalue weighted by Gasteiger charge is -2.15. The molecule has 1 aromatic heterocycles. The van der Waals surface area contributed by atoms with Crippen molar-refractivity contribution in [2.75, 3.05) is 5.75 Å². The van der Waals surface area contributed by atoms with Crippen LogP contribution in [0.5, 0.6) is 0 Å². The minimum Gasteiger partial charge on any atom is -0.322 e. The lowest BCUT2D eigenvalue weighted by atomic mass is 10.1. The highest BCUT2D eigenvalue weighted by molar-refractivity contribution is 8.00. The zero-order valence-corrected chi connectivity index (χ0v) is 9.96. The summed E-state index contributed by atoms with van der Waals surface area (Å²) in [7, 11) is 0. The van der Waals surface area contributed by atoms with Gasteiger partial charge in [0.2, 0.25) is 0 Å². The molecule has 0 saturated carbocycles. The van der Waals surface area contributed by atoms with E-state index in [0.29, 0.717) is 16.2 Å². The highest BCUT2D eigenvalue weighted by Crippen LogP contribution is 2.39. The molecular weight excluding hydrogens is 257 g/mol. The van der Waals surface area contributed by atoms with Crippen molar-refractivity contribution >= 4 is 23.1 Å². The quantitative estimate of drug-likeness (QED) is 0.896. The van der Waals surface area contributed by atoms with Crippen molar-refractivity contribution in [3.05, 3.63) is 16.1 Å². The molecule has 16 heavy (non-hydrogen) atoms. The first-order valence-corrected chi connectivity index (χ1v) is 6.75. The number of nitrogens with zero attached hydrogens (tertiary/aromatic N) is 1. The second-order valence-corrected chi connectivity index (χ2v) is 6.05. The Morgan fingerprint density at radius 2 is 2.25 bits per heavy atom. The maximum Gasteiger partial charge on any atom is 0.443 e. The number of rotatable bonds is 2. The Kier molecular flexibility index (Phi) is 3.46. The van der Waals surface area contributed by atoms with Gasteiger partial charge in [0.1, 0.15) is 0 Å². The summed E-state index contributed by atoms with van der Waals surface area (Å²) in [6.07, 6.45) is -1.03. The average molecular weight is 268 g/mol. The molecule has 1 aromatic rings. The molecule has 0 spiro atoms. The minimum absolute atomic E-state index is 0.238. The van der Waals surface area contributed by atoms with Crippen molar-refractivity contribution < 1.29 is 13.2 Å². The van der Waals surface area contributed by atoms with Crippen LogP contribution >= 0.6 is 23.1 Å². The van der Waals surface area contributed by atoms with Crippen LogP contribution in [0.3, 0.4) is 0 Å². The van der Waals surface area contributed by atoms with Crippen LogP contribution in [0.2, 0.25) is 0 Å². The molecule has 0 aromatic carbocycles. The molecule has 1 fully saturated rings. The van der Waals surface area contributed by atoms with E-state index >= 15 is 0 Å². The minimum atomic E-state index is -4.36. The van der Waals surface area contributed by atoms with E-state index in [1.165, 1.54) is 6.20 Å². The Morgan fingerprint density at radius 1 is 1.50 bits per heavy atom. The SMILES string of the molecule is NC(c1cnc(C(F)(F)F)s1)C1CCCS1. The van der Waals surface area contributed by atoms with Crippen molar-refractivity contribution in [3.63, 3.8) is 0 Å². The molecule has 0 aliphatic carbocycles. The molecule has 1 aliphatic heterocycles. The summed E-state index contributed by atoms with van der Waals surface area (Å²) >= 11 is 2.40. The van der Waals surface area contributed by atoms with Crippen LogP contribution in [0.15, 0.2) is 6.20 Å². The van der Waals surface area contributed by atoms with Crippen LogP contribution in [-0.4, -0.2) is 16.0 Å². The van der Waals surface area contributed by atoms with E-state index in [-0.39, 0.29) is 11.3 Å². The number of alkyl halides is 3. The summed E-state index contributed by atoms with van der Waals surface area (Å²) in [5.41, 5.74) is 5.94. The Hall–Kier alpha value is -0.270. The van der Waals surface area contributed by atoms with Gasteiger partial charge in [-0.25, -0.2) is 4.98 Å². The number of hydrogen-bond donors (Lipinski definition) is 1. The molecule has 2 atom stereocenters. The lowest BCUT2D eigenvalue weighted by molar-refractivity contribution is -0.137. The molecule has 1 aliphatic rings. The third-order valence-corrected chi connectivity index (χ3v) is 5.08. The van der Waals surface area contributed by atoms with E-state index in [9.17, 15) is 13.2 Å². The first kappa shape index (κ1) is 12.2. The zero-order valence-electron chi connectivity index (χ0n) is 8.33. The molecule has 0 radical (unpaired) electrons. The summed E-state index contributed by atoms with van der Waals surface area (Å²) in [4.78, 5) is 3.92. The number of nitrogens with two attached hydrogens (primary N) is 1. The van der Waals surface area contributed by atoms with E-state index < -0.39 is 11.2 Å². The number of thioether (sulfide) groups is 1. The van der Waals surface area contributed by atoms with Crippen LogP contribution in [0.4, 0.5) is 13.2 Å². The van der Waals surface area contributed by atoms with Gasteiger partial charge in [0.25, 0.3) is 0 Å². The number of hydrogen-bond acceptors (Lipinski definition) is 4. The van der Waals surface area contributed by atoms with E-state index in [0.717, 1.165) is 18.6 Å². The summed E-state index contributed by atoms with van der Waals surface area (Å²) in [5.74, 6) is 1.04. The molecule has 2 nitrogen and oxygen atoms in total. The summed E-state index contributed by atoms with van der Waals surface area (Å²) in [6.45, 7) is 0. The van der Waals surface area contributed by atoms with E-state index in [2.05, 4.69) is 4.98 Å². The van der Waals surface area contributed by atoms with Crippen LogP contribution in [0.25, 0.3) is 0 Å². The smallest absolute Gasteiger partial charge is 0.322 e. The van der Waals surface area contributed by atoms with Gasteiger partial charge < -0.3 is 5.73 Å². The predicted molar refractivity (Wildman–Crippen MR) is 59.5 cm³/mol. The lowest BCUT2D eigenvalue weighted by Crippen LogP contribution is -2.20. The van der Waals surface area contributed by atoms with Gasteiger partial charge in [-0.1, -0.05) is 0 Å². The highest BCUT2D eigenvalue weighted by atomic mass is 32.2. The van der Waals surface area contributed by atoms with Gasteiger partial charge in [0.15, 0.2) is 5.01 Å². The average Bonchev–Trinajstić information content (AvgIpc) is 2.87. The largest absolute Gasteiger partial charge is 0.443 e. The van der Waals surface area contributed by atoms with Gasteiger partial charge in [0.05, 0.1) is 6.04 Å². The van der Waals surface area contributed by atoms with E-state index in [1.54, 1.807) is 11.8 Å². The van der Waals surface area contributed by atoms with Crippen molar-refractivity contribution in [3.8, 4) is 0 Å². The predicted octanol–water partition coefficient (Wildman–Crippen LogP) is 3.06. The Bertz CT molecular complexity index is 358. The number of thiazole rings is 1.